The van der Waals surface area contributed by atoms with Crippen molar-refractivity contribution in [3.8, 4) is 0 Å². The number of aromatic nitrogens is 3. The van der Waals surface area contributed by atoms with Crippen molar-refractivity contribution >= 4 is 29.0 Å². The maximum absolute atomic E-state index is 14.1. The van der Waals surface area contributed by atoms with Crippen LogP contribution in [0.15, 0.2) is 71.0 Å². The molecular formula is C30H32F3N7OS. The van der Waals surface area contributed by atoms with Crippen molar-refractivity contribution in [1.82, 2.24) is 29.3 Å². The molecule has 2 aromatic heterocycles. The van der Waals surface area contributed by atoms with Gasteiger partial charge >= 0.3 is 12.2 Å². The normalized spacial score (nSPS) is 16.5. The van der Waals surface area contributed by atoms with E-state index in [4.69, 9.17) is 0 Å². The summed E-state index contributed by atoms with van der Waals surface area (Å²) in [5.41, 5.74) is 2.74. The predicted molar refractivity (Wildman–Crippen MR) is 156 cm³/mol. The van der Waals surface area contributed by atoms with Crippen molar-refractivity contribution < 1.29 is 18.0 Å². The molecule has 12 heteroatoms. The molecule has 0 aliphatic carbocycles. The van der Waals surface area contributed by atoms with E-state index in [9.17, 15) is 18.0 Å². The van der Waals surface area contributed by atoms with Crippen LogP contribution in [0.2, 0.25) is 0 Å². The van der Waals surface area contributed by atoms with Crippen LogP contribution in [0.1, 0.15) is 29.2 Å². The molecule has 0 bridgehead atoms. The Hall–Kier alpha value is -3.61. The van der Waals surface area contributed by atoms with Crippen LogP contribution in [-0.4, -0.2) is 74.6 Å². The Morgan fingerprint density at radius 2 is 1.81 bits per heavy atom. The van der Waals surface area contributed by atoms with Gasteiger partial charge in [0, 0.05) is 62.6 Å². The monoisotopic (exact) mass is 595 g/mol. The SMILES string of the molecule is CCN1CCN(Cc2ccc(NC(=O)N3CCc4ccc(Sc5ncnn6cccc56)cc4C3)cc2C(F)(F)F)CC1. The van der Waals surface area contributed by atoms with Crippen LogP contribution in [-0.2, 0) is 25.7 Å². The molecule has 6 rings (SSSR count). The van der Waals surface area contributed by atoms with Crippen LogP contribution in [0.25, 0.3) is 5.52 Å². The molecular weight excluding hydrogens is 563 g/mol. The van der Waals surface area contributed by atoms with Crippen molar-refractivity contribution in [1.29, 1.82) is 0 Å². The Morgan fingerprint density at radius 3 is 2.60 bits per heavy atom. The van der Waals surface area contributed by atoms with E-state index in [-0.39, 0.29) is 17.8 Å². The lowest BCUT2D eigenvalue weighted by Crippen LogP contribution is -2.45. The number of fused-ring (bicyclic) bond motifs is 2. The third kappa shape index (κ3) is 6.25. The molecule has 4 aromatic rings. The minimum absolute atomic E-state index is 0.141. The lowest BCUT2D eigenvalue weighted by Gasteiger charge is -2.34. The number of amides is 2. The van der Waals surface area contributed by atoms with Crippen molar-refractivity contribution in [3.05, 3.63) is 83.3 Å². The molecule has 42 heavy (non-hydrogen) atoms. The molecule has 2 aliphatic rings. The first-order valence-electron chi connectivity index (χ1n) is 14.1. The first-order chi connectivity index (χ1) is 20.3. The first-order valence-corrected chi connectivity index (χ1v) is 14.9. The van der Waals surface area contributed by atoms with Crippen molar-refractivity contribution in [2.45, 2.75) is 42.5 Å². The average Bonchev–Trinajstić information content (AvgIpc) is 3.47. The van der Waals surface area contributed by atoms with Crippen LogP contribution < -0.4 is 5.32 Å². The Balaban J connectivity index is 1.13. The average molecular weight is 596 g/mol. The van der Waals surface area contributed by atoms with Crippen LogP contribution in [0.5, 0.6) is 0 Å². The molecule has 4 heterocycles. The molecule has 0 spiro atoms. The summed E-state index contributed by atoms with van der Waals surface area (Å²) in [6, 6.07) is 13.8. The first kappa shape index (κ1) is 28.5. The van der Waals surface area contributed by atoms with E-state index in [0.717, 1.165) is 65.4 Å². The fourth-order valence-corrected chi connectivity index (χ4v) is 6.49. The van der Waals surface area contributed by atoms with E-state index >= 15 is 0 Å². The van der Waals surface area contributed by atoms with Crippen LogP contribution >= 0.6 is 11.8 Å². The molecule has 8 nitrogen and oxygen atoms in total. The van der Waals surface area contributed by atoms with Gasteiger partial charge in [-0.2, -0.15) is 18.3 Å². The van der Waals surface area contributed by atoms with E-state index in [1.165, 1.54) is 24.2 Å². The third-order valence-electron chi connectivity index (χ3n) is 7.96. The second-order valence-electron chi connectivity index (χ2n) is 10.6. The molecule has 0 atom stereocenters. The zero-order valence-corrected chi connectivity index (χ0v) is 24.1. The van der Waals surface area contributed by atoms with E-state index < -0.39 is 17.8 Å². The number of carbonyl (C=O) groups is 1. The van der Waals surface area contributed by atoms with E-state index in [1.807, 2.05) is 24.4 Å². The van der Waals surface area contributed by atoms with Crippen LogP contribution in [0.4, 0.5) is 23.7 Å². The number of likely N-dealkylation sites (N-methyl/N-ethyl adjacent to an activating group) is 1. The summed E-state index contributed by atoms with van der Waals surface area (Å²) in [5.74, 6) is 0. The number of benzene rings is 2. The number of hydrogen-bond acceptors (Lipinski definition) is 6. The summed E-state index contributed by atoms with van der Waals surface area (Å²) in [5, 5.41) is 7.75. The number of urea groups is 1. The lowest BCUT2D eigenvalue weighted by molar-refractivity contribution is -0.138. The molecule has 0 radical (unpaired) electrons. The quantitative estimate of drug-likeness (QED) is 0.312. The number of alkyl halides is 3. The van der Waals surface area contributed by atoms with Gasteiger partial charge in [0.25, 0.3) is 0 Å². The maximum Gasteiger partial charge on any atom is 0.416 e. The van der Waals surface area contributed by atoms with E-state index in [2.05, 4.69) is 44.3 Å². The minimum Gasteiger partial charge on any atom is -0.320 e. The van der Waals surface area contributed by atoms with Gasteiger partial charge in [-0.15, -0.1) is 0 Å². The largest absolute Gasteiger partial charge is 0.416 e. The molecule has 1 saturated heterocycles. The number of nitrogens with zero attached hydrogens (tertiary/aromatic N) is 6. The van der Waals surface area contributed by atoms with Crippen molar-refractivity contribution in [2.75, 3.05) is 44.6 Å². The highest BCUT2D eigenvalue weighted by atomic mass is 32.2. The lowest BCUT2D eigenvalue weighted by atomic mass is 10.0. The van der Waals surface area contributed by atoms with Gasteiger partial charge in [0.05, 0.1) is 11.1 Å². The minimum atomic E-state index is -4.52. The summed E-state index contributed by atoms with van der Waals surface area (Å²) in [6.45, 7) is 7.28. The van der Waals surface area contributed by atoms with Gasteiger partial charge in [-0.05, 0) is 66.1 Å². The van der Waals surface area contributed by atoms with Crippen LogP contribution in [0, 0.1) is 0 Å². The van der Waals surface area contributed by atoms with Crippen LogP contribution in [0.3, 0.4) is 0 Å². The molecule has 220 valence electrons. The second-order valence-corrected chi connectivity index (χ2v) is 11.7. The molecule has 1 N–H and O–H groups in total. The smallest absolute Gasteiger partial charge is 0.320 e. The number of nitrogens with one attached hydrogen (secondary N) is 1. The summed E-state index contributed by atoms with van der Waals surface area (Å²) in [4.78, 5) is 24.6. The van der Waals surface area contributed by atoms with Gasteiger partial charge in [-0.25, -0.2) is 14.3 Å². The van der Waals surface area contributed by atoms with Gasteiger partial charge < -0.3 is 15.1 Å². The van der Waals surface area contributed by atoms with E-state index in [1.54, 1.807) is 15.5 Å². The summed E-state index contributed by atoms with van der Waals surface area (Å²) >= 11 is 1.52. The molecule has 2 aromatic carbocycles. The fourth-order valence-electron chi connectivity index (χ4n) is 5.57. The standard InChI is InChI=1S/C30H32F3N7OS/c1-2-37-12-14-38(15-13-37)18-22-5-7-24(17-26(22)30(31,32)33)36-29(41)39-11-9-21-6-8-25(16-23(21)19-39)42-28-27-4-3-10-40(27)35-20-34-28/h3-8,10,16-17,20H,2,9,11-15,18-19H2,1H3,(H,36,41). The maximum atomic E-state index is 14.1. The number of rotatable bonds is 6. The Bertz CT molecular complexity index is 1580. The highest BCUT2D eigenvalue weighted by Crippen LogP contribution is 2.35. The summed E-state index contributed by atoms with van der Waals surface area (Å²) in [6.07, 6.45) is -0.466. The zero-order chi connectivity index (χ0) is 29.3. The number of halogens is 3. The Kier molecular flexibility index (Phi) is 8.11. The Labute approximate surface area is 246 Å². The number of carbonyl (C=O) groups excluding carboxylic acids is 1. The van der Waals surface area contributed by atoms with Gasteiger partial charge in [0.15, 0.2) is 0 Å². The van der Waals surface area contributed by atoms with Gasteiger partial charge in [0.1, 0.15) is 11.4 Å². The number of hydrogen-bond donors (Lipinski definition) is 1. The molecule has 0 unspecified atom stereocenters. The summed E-state index contributed by atoms with van der Waals surface area (Å²) < 4.78 is 43.9. The Morgan fingerprint density at radius 1 is 1.00 bits per heavy atom. The topological polar surface area (TPSA) is 69.0 Å². The zero-order valence-electron chi connectivity index (χ0n) is 23.3. The van der Waals surface area contributed by atoms with Crippen molar-refractivity contribution in [3.63, 3.8) is 0 Å². The predicted octanol–water partition coefficient (Wildman–Crippen LogP) is 5.63. The molecule has 2 amide bonds. The third-order valence-corrected chi connectivity index (χ3v) is 8.96. The van der Waals surface area contributed by atoms with E-state index in [0.29, 0.717) is 19.5 Å². The highest BCUT2D eigenvalue weighted by molar-refractivity contribution is 7.99. The van der Waals surface area contributed by atoms with Crippen molar-refractivity contribution in [2.24, 2.45) is 0 Å². The summed E-state index contributed by atoms with van der Waals surface area (Å²) in [7, 11) is 0. The number of piperazine rings is 1. The van der Waals surface area contributed by atoms with Gasteiger partial charge in [-0.1, -0.05) is 30.8 Å². The number of anilines is 1. The highest BCUT2D eigenvalue weighted by Gasteiger charge is 2.34. The fraction of sp³-hybridized carbons (Fsp3) is 0.367. The second kappa shape index (κ2) is 11.9. The molecule has 0 saturated carbocycles. The van der Waals surface area contributed by atoms with Gasteiger partial charge in [-0.3, -0.25) is 4.90 Å². The molecule has 2 aliphatic heterocycles. The van der Waals surface area contributed by atoms with Gasteiger partial charge in [0.2, 0.25) is 0 Å². The molecule has 1 fully saturated rings.